The highest BCUT2D eigenvalue weighted by Crippen LogP contribution is 2.28. The van der Waals surface area contributed by atoms with Crippen molar-refractivity contribution in [3.05, 3.63) is 64.4 Å². The van der Waals surface area contributed by atoms with Crippen molar-refractivity contribution < 1.29 is 4.42 Å². The van der Waals surface area contributed by atoms with Crippen molar-refractivity contribution in [2.75, 3.05) is 5.32 Å². The van der Waals surface area contributed by atoms with Gasteiger partial charge in [-0.05, 0) is 30.7 Å². The Kier molecular flexibility index (Phi) is 3.89. The highest BCUT2D eigenvalue weighted by molar-refractivity contribution is 6.30. The molecule has 2 aromatic carbocycles. The molecule has 0 aliphatic heterocycles. The first-order valence-electron chi connectivity index (χ1n) is 7.18. The van der Waals surface area contributed by atoms with Gasteiger partial charge in [0.2, 0.25) is 0 Å². The fourth-order valence-corrected chi connectivity index (χ4v) is 2.77. The third-order valence-corrected chi connectivity index (χ3v) is 3.99. The van der Waals surface area contributed by atoms with Gasteiger partial charge in [-0.2, -0.15) is 0 Å². The van der Waals surface area contributed by atoms with Gasteiger partial charge in [-0.3, -0.25) is 0 Å². The second-order valence-corrected chi connectivity index (χ2v) is 5.60. The second kappa shape index (κ2) is 5.82. The predicted molar refractivity (Wildman–Crippen MR) is 89.1 cm³/mol. The van der Waals surface area contributed by atoms with Crippen LogP contribution in [-0.4, -0.2) is 0 Å². The summed E-state index contributed by atoms with van der Waals surface area (Å²) >= 11 is 6.07. The van der Waals surface area contributed by atoms with Gasteiger partial charge in [-0.1, -0.05) is 42.8 Å². The molecule has 1 heterocycles. The number of aryl methyl sites for hydroxylation is 2. The van der Waals surface area contributed by atoms with Crippen LogP contribution < -0.4 is 5.32 Å². The number of anilines is 1. The normalized spacial score (nSPS) is 11.0. The van der Waals surface area contributed by atoms with Gasteiger partial charge in [0.15, 0.2) is 0 Å². The number of rotatable bonds is 4. The Morgan fingerprint density at radius 3 is 2.76 bits per heavy atom. The molecule has 1 aromatic heterocycles. The van der Waals surface area contributed by atoms with Crippen LogP contribution in [0.25, 0.3) is 11.0 Å². The molecule has 3 rings (SSSR count). The zero-order valence-corrected chi connectivity index (χ0v) is 13.0. The van der Waals surface area contributed by atoms with Crippen molar-refractivity contribution in [2.24, 2.45) is 0 Å². The lowest BCUT2D eigenvalue weighted by molar-refractivity contribution is 0.551. The van der Waals surface area contributed by atoms with Gasteiger partial charge in [-0.25, -0.2) is 0 Å². The fourth-order valence-electron chi connectivity index (χ4n) is 2.60. The minimum Gasteiger partial charge on any atom is -0.461 e. The smallest absolute Gasteiger partial charge is 0.134 e. The molecular weight excluding hydrogens is 282 g/mol. The third kappa shape index (κ3) is 2.77. The quantitative estimate of drug-likeness (QED) is 0.681. The van der Waals surface area contributed by atoms with E-state index in [4.69, 9.17) is 16.0 Å². The molecule has 0 atom stereocenters. The summed E-state index contributed by atoms with van der Waals surface area (Å²) in [6.45, 7) is 4.93. The summed E-state index contributed by atoms with van der Waals surface area (Å²) in [5.74, 6) is 1.04. The van der Waals surface area contributed by atoms with Gasteiger partial charge in [0, 0.05) is 34.6 Å². The SMILES string of the molecule is CCc1oc2ccccc2c1CNc1cc(Cl)ccc1C. The third-order valence-electron chi connectivity index (χ3n) is 3.76. The summed E-state index contributed by atoms with van der Waals surface area (Å²) in [6, 6.07) is 14.1. The van der Waals surface area contributed by atoms with E-state index in [1.165, 1.54) is 16.5 Å². The molecule has 0 radical (unpaired) electrons. The van der Waals surface area contributed by atoms with Crippen LogP contribution in [0.5, 0.6) is 0 Å². The van der Waals surface area contributed by atoms with Crippen LogP contribution in [0.3, 0.4) is 0 Å². The number of hydrogen-bond acceptors (Lipinski definition) is 2. The number of furan rings is 1. The maximum atomic E-state index is 6.07. The Morgan fingerprint density at radius 1 is 1.14 bits per heavy atom. The van der Waals surface area contributed by atoms with E-state index in [1.807, 2.05) is 36.4 Å². The maximum absolute atomic E-state index is 6.07. The maximum Gasteiger partial charge on any atom is 0.134 e. The molecule has 0 spiro atoms. The predicted octanol–water partition coefficient (Wildman–Crippen LogP) is 5.57. The number of para-hydroxylation sites is 1. The Balaban J connectivity index is 1.93. The molecule has 0 bridgehead atoms. The first-order valence-corrected chi connectivity index (χ1v) is 7.56. The van der Waals surface area contributed by atoms with Gasteiger partial charge >= 0.3 is 0 Å². The Morgan fingerprint density at radius 2 is 1.95 bits per heavy atom. The van der Waals surface area contributed by atoms with Crippen molar-refractivity contribution in [2.45, 2.75) is 26.8 Å². The molecule has 0 saturated heterocycles. The molecule has 0 aliphatic carbocycles. The largest absolute Gasteiger partial charge is 0.461 e. The molecule has 0 saturated carbocycles. The minimum atomic E-state index is 0.737. The van der Waals surface area contributed by atoms with Crippen LogP contribution in [-0.2, 0) is 13.0 Å². The standard InChI is InChI=1S/C18H18ClNO/c1-3-17-15(14-6-4-5-7-18(14)21-17)11-20-16-10-13(19)9-8-12(16)2/h4-10,20H,3,11H2,1-2H3. The molecular formula is C18H18ClNO. The first kappa shape index (κ1) is 14.0. The Bertz CT molecular complexity index is 776. The topological polar surface area (TPSA) is 25.2 Å². The summed E-state index contributed by atoms with van der Waals surface area (Å²) in [5, 5.41) is 5.41. The number of fused-ring (bicyclic) bond motifs is 1. The van der Waals surface area contributed by atoms with E-state index in [9.17, 15) is 0 Å². The van der Waals surface area contributed by atoms with E-state index in [2.05, 4.69) is 25.2 Å². The molecule has 0 unspecified atom stereocenters. The molecule has 1 N–H and O–H groups in total. The van der Waals surface area contributed by atoms with Crippen LogP contribution in [0.15, 0.2) is 46.9 Å². The number of halogens is 1. The van der Waals surface area contributed by atoms with Crippen LogP contribution in [0, 0.1) is 6.92 Å². The lowest BCUT2D eigenvalue weighted by atomic mass is 10.1. The van der Waals surface area contributed by atoms with Gasteiger partial charge in [0.05, 0.1) is 0 Å². The van der Waals surface area contributed by atoms with Gasteiger partial charge in [-0.15, -0.1) is 0 Å². The molecule has 3 heteroatoms. The molecule has 108 valence electrons. The van der Waals surface area contributed by atoms with Crippen molar-refractivity contribution in [1.29, 1.82) is 0 Å². The summed E-state index contributed by atoms with van der Waals surface area (Å²) in [6.07, 6.45) is 0.889. The van der Waals surface area contributed by atoms with Crippen molar-refractivity contribution in [3.63, 3.8) is 0 Å². The van der Waals surface area contributed by atoms with E-state index < -0.39 is 0 Å². The zero-order chi connectivity index (χ0) is 14.8. The molecule has 0 fully saturated rings. The van der Waals surface area contributed by atoms with Crippen LogP contribution >= 0.6 is 11.6 Å². The molecule has 0 aliphatic rings. The van der Waals surface area contributed by atoms with E-state index in [0.717, 1.165) is 35.0 Å². The van der Waals surface area contributed by atoms with E-state index in [-0.39, 0.29) is 0 Å². The van der Waals surface area contributed by atoms with Crippen molar-refractivity contribution in [3.8, 4) is 0 Å². The fraction of sp³-hybridized carbons (Fsp3) is 0.222. The van der Waals surface area contributed by atoms with Crippen LogP contribution in [0.2, 0.25) is 5.02 Å². The highest BCUT2D eigenvalue weighted by atomic mass is 35.5. The Hall–Kier alpha value is -1.93. The summed E-state index contributed by atoms with van der Waals surface area (Å²) in [4.78, 5) is 0. The number of hydrogen-bond donors (Lipinski definition) is 1. The zero-order valence-electron chi connectivity index (χ0n) is 12.2. The molecule has 3 aromatic rings. The van der Waals surface area contributed by atoms with Gasteiger partial charge in [0.25, 0.3) is 0 Å². The monoisotopic (exact) mass is 299 g/mol. The summed E-state index contributed by atoms with van der Waals surface area (Å²) < 4.78 is 5.92. The second-order valence-electron chi connectivity index (χ2n) is 5.17. The number of benzene rings is 2. The minimum absolute atomic E-state index is 0.737. The van der Waals surface area contributed by atoms with Gasteiger partial charge in [0.1, 0.15) is 11.3 Å². The lowest BCUT2D eigenvalue weighted by Crippen LogP contribution is -2.02. The average Bonchev–Trinajstić information content (AvgIpc) is 2.86. The Labute approximate surface area is 129 Å². The van der Waals surface area contributed by atoms with Crippen molar-refractivity contribution in [1.82, 2.24) is 0 Å². The van der Waals surface area contributed by atoms with Crippen LogP contribution in [0.4, 0.5) is 5.69 Å². The molecule has 21 heavy (non-hydrogen) atoms. The van der Waals surface area contributed by atoms with E-state index in [0.29, 0.717) is 0 Å². The first-order chi connectivity index (χ1) is 10.2. The molecule has 2 nitrogen and oxygen atoms in total. The van der Waals surface area contributed by atoms with E-state index >= 15 is 0 Å². The average molecular weight is 300 g/mol. The van der Waals surface area contributed by atoms with Gasteiger partial charge < -0.3 is 9.73 Å². The summed E-state index contributed by atoms with van der Waals surface area (Å²) in [5.41, 5.74) is 4.43. The summed E-state index contributed by atoms with van der Waals surface area (Å²) in [7, 11) is 0. The highest BCUT2D eigenvalue weighted by Gasteiger charge is 2.12. The number of nitrogens with one attached hydrogen (secondary N) is 1. The lowest BCUT2D eigenvalue weighted by Gasteiger charge is -2.10. The van der Waals surface area contributed by atoms with Crippen LogP contribution in [0.1, 0.15) is 23.8 Å². The molecule has 0 amide bonds. The van der Waals surface area contributed by atoms with Crippen molar-refractivity contribution >= 4 is 28.3 Å². The van der Waals surface area contributed by atoms with E-state index in [1.54, 1.807) is 0 Å².